The summed E-state index contributed by atoms with van der Waals surface area (Å²) in [5.41, 5.74) is 3.15. The van der Waals surface area contributed by atoms with E-state index in [1.165, 1.54) is 0 Å². The highest BCUT2D eigenvalue weighted by Gasteiger charge is 2.23. The first-order valence-corrected chi connectivity index (χ1v) is 12.9. The summed E-state index contributed by atoms with van der Waals surface area (Å²) in [6, 6.07) is 19.4. The molecule has 0 spiro atoms. The average Bonchev–Trinajstić information content (AvgIpc) is 2.87. The number of hydrogen-bond acceptors (Lipinski definition) is 5. The number of carbonyl (C=O) groups excluding carboxylic acids is 3. The fourth-order valence-corrected chi connectivity index (χ4v) is 3.85. The van der Waals surface area contributed by atoms with Gasteiger partial charge in [0.05, 0.1) is 0 Å². The Bertz CT molecular complexity index is 1230. The topological polar surface area (TPSA) is 81.7 Å². The Morgan fingerprint density at radius 3 is 2.30 bits per heavy atom. The van der Waals surface area contributed by atoms with Crippen molar-refractivity contribution in [3.8, 4) is 11.5 Å². The minimum atomic E-state index is -0.982. The highest BCUT2D eigenvalue weighted by molar-refractivity contribution is 6.30. The molecule has 1 amide bonds. The summed E-state index contributed by atoms with van der Waals surface area (Å²) in [5, 5.41) is 3.31. The van der Waals surface area contributed by atoms with Crippen LogP contribution < -0.4 is 10.1 Å². The van der Waals surface area contributed by atoms with Gasteiger partial charge in [0.1, 0.15) is 11.5 Å². The van der Waals surface area contributed by atoms with Crippen LogP contribution in [0.1, 0.15) is 47.2 Å². The fraction of sp³-hybridized carbons (Fsp3) is 0.276. The van der Waals surface area contributed by atoms with E-state index in [-0.39, 0.29) is 43.3 Å². The number of esters is 1. The fourth-order valence-electron chi connectivity index (χ4n) is 3.53. The molecule has 0 fully saturated rings. The second-order valence-corrected chi connectivity index (χ2v) is 9.44. The number of benzene rings is 3. The van der Waals surface area contributed by atoms with Crippen LogP contribution in [0.4, 0.5) is 5.69 Å². The third-order valence-electron chi connectivity index (χ3n) is 5.56. The van der Waals surface area contributed by atoms with Crippen LogP contribution in [0.5, 0.6) is 11.5 Å². The number of halogens is 2. The normalized spacial score (nSPS) is 11.5. The monoisotopic (exact) mass is 541 g/mol. The minimum absolute atomic E-state index is 0.00270. The van der Waals surface area contributed by atoms with E-state index in [1.54, 1.807) is 48.5 Å². The van der Waals surface area contributed by atoms with Crippen LogP contribution in [-0.2, 0) is 14.3 Å². The van der Waals surface area contributed by atoms with E-state index in [0.29, 0.717) is 22.0 Å². The number of alkyl halides is 1. The summed E-state index contributed by atoms with van der Waals surface area (Å²) in [5.74, 6) is 0.478. The van der Waals surface area contributed by atoms with E-state index in [1.807, 2.05) is 32.0 Å². The van der Waals surface area contributed by atoms with Crippen molar-refractivity contribution >= 4 is 46.5 Å². The first-order valence-electron chi connectivity index (χ1n) is 12.0. The van der Waals surface area contributed by atoms with E-state index in [2.05, 4.69) is 5.32 Å². The van der Waals surface area contributed by atoms with Gasteiger partial charge in [0.15, 0.2) is 6.10 Å². The molecule has 3 aromatic rings. The van der Waals surface area contributed by atoms with Gasteiger partial charge >= 0.3 is 5.97 Å². The predicted octanol–water partition coefficient (Wildman–Crippen LogP) is 7.28. The van der Waals surface area contributed by atoms with Gasteiger partial charge in [-0.1, -0.05) is 23.7 Å². The Kier molecular flexibility index (Phi) is 10.5. The number of anilines is 1. The van der Waals surface area contributed by atoms with Gasteiger partial charge < -0.3 is 14.8 Å². The van der Waals surface area contributed by atoms with Crippen LogP contribution >= 0.6 is 23.2 Å². The van der Waals surface area contributed by atoms with Crippen molar-refractivity contribution in [3.63, 3.8) is 0 Å². The third kappa shape index (κ3) is 8.92. The molecular weight excluding hydrogens is 513 g/mol. The van der Waals surface area contributed by atoms with E-state index in [0.717, 1.165) is 16.9 Å². The van der Waals surface area contributed by atoms with Gasteiger partial charge in [0.2, 0.25) is 11.7 Å². The van der Waals surface area contributed by atoms with E-state index in [4.69, 9.17) is 32.7 Å². The van der Waals surface area contributed by atoms with Crippen molar-refractivity contribution in [1.29, 1.82) is 0 Å². The molecule has 0 aliphatic rings. The molecule has 0 saturated heterocycles. The molecule has 1 unspecified atom stereocenters. The van der Waals surface area contributed by atoms with Crippen molar-refractivity contribution in [2.24, 2.45) is 0 Å². The maximum Gasteiger partial charge on any atom is 0.306 e. The van der Waals surface area contributed by atoms with Gasteiger partial charge in [-0.2, -0.15) is 0 Å². The quantitative estimate of drug-likeness (QED) is 0.148. The number of amides is 1. The summed E-state index contributed by atoms with van der Waals surface area (Å²) < 4.78 is 11.3. The molecule has 1 N–H and O–H groups in total. The molecule has 3 rings (SSSR count). The number of aryl methyl sites for hydroxylation is 2. The minimum Gasteiger partial charge on any atom is -0.457 e. The first kappa shape index (κ1) is 28.2. The number of nitrogens with one attached hydrogen (secondary N) is 1. The van der Waals surface area contributed by atoms with Crippen molar-refractivity contribution in [2.45, 2.75) is 45.6 Å². The van der Waals surface area contributed by atoms with Crippen LogP contribution in [0.15, 0.2) is 66.7 Å². The zero-order chi connectivity index (χ0) is 26.8. The summed E-state index contributed by atoms with van der Waals surface area (Å²) >= 11 is 11.7. The van der Waals surface area contributed by atoms with Crippen LogP contribution in [0.25, 0.3) is 0 Å². The molecule has 0 aliphatic carbocycles. The van der Waals surface area contributed by atoms with Crippen molar-refractivity contribution in [1.82, 2.24) is 0 Å². The molecule has 3 aromatic carbocycles. The lowest BCUT2D eigenvalue weighted by atomic mass is 10.0. The summed E-state index contributed by atoms with van der Waals surface area (Å²) in [7, 11) is 0. The molecule has 37 heavy (non-hydrogen) atoms. The Hall–Kier alpha value is -3.35. The maximum atomic E-state index is 12.7. The van der Waals surface area contributed by atoms with E-state index < -0.39 is 12.1 Å². The lowest BCUT2D eigenvalue weighted by molar-refractivity contribution is -0.147. The number of rotatable bonds is 12. The van der Waals surface area contributed by atoms with Crippen LogP contribution in [0.3, 0.4) is 0 Å². The van der Waals surface area contributed by atoms with Crippen molar-refractivity contribution in [3.05, 3.63) is 88.4 Å². The first-order chi connectivity index (χ1) is 17.7. The van der Waals surface area contributed by atoms with Gasteiger partial charge in [-0.3, -0.25) is 14.4 Å². The average molecular weight is 542 g/mol. The second kappa shape index (κ2) is 13.8. The lowest BCUT2D eigenvalue weighted by Crippen LogP contribution is -2.28. The van der Waals surface area contributed by atoms with Gasteiger partial charge in [0.25, 0.3) is 0 Å². The van der Waals surface area contributed by atoms with Gasteiger partial charge in [-0.15, -0.1) is 11.6 Å². The Balaban J connectivity index is 1.44. The molecule has 0 saturated carbocycles. The van der Waals surface area contributed by atoms with E-state index >= 15 is 0 Å². The largest absolute Gasteiger partial charge is 0.457 e. The molecule has 1 atom stereocenters. The zero-order valence-corrected chi connectivity index (χ0v) is 22.3. The zero-order valence-electron chi connectivity index (χ0n) is 20.8. The van der Waals surface area contributed by atoms with Crippen LogP contribution in [0.2, 0.25) is 5.02 Å². The molecule has 0 aliphatic heterocycles. The number of carbonyl (C=O) groups is 3. The molecule has 194 valence electrons. The molecular formula is C29H29Cl2NO5. The molecule has 0 aromatic heterocycles. The summed E-state index contributed by atoms with van der Waals surface area (Å²) in [6.45, 7) is 3.98. The Labute approximate surface area is 226 Å². The van der Waals surface area contributed by atoms with E-state index in [9.17, 15) is 14.4 Å². The summed E-state index contributed by atoms with van der Waals surface area (Å²) in [4.78, 5) is 37.3. The number of ether oxygens (including phenoxy) is 2. The second-order valence-electron chi connectivity index (χ2n) is 8.62. The number of hydrogen-bond donors (Lipinski definition) is 1. The predicted molar refractivity (Wildman–Crippen MR) is 146 cm³/mol. The standard InChI is InChI=1S/C29H29Cl2NO5/c1-19-6-7-20(2)26(18-19)36-24-14-12-23(13-15-24)32-27(33)4-3-5-28(34)37-25(16-17-30)29(35)21-8-10-22(31)11-9-21/h6-15,18,25H,3-5,16-17H2,1-2H3,(H,32,33). The number of Topliss-reactive ketones (excluding diaryl/α,β-unsaturated/α-hetero) is 1. The lowest BCUT2D eigenvalue weighted by Gasteiger charge is -2.16. The third-order valence-corrected chi connectivity index (χ3v) is 6.03. The maximum absolute atomic E-state index is 12.7. The molecule has 0 bridgehead atoms. The van der Waals surface area contributed by atoms with Crippen LogP contribution in [-0.4, -0.2) is 29.6 Å². The highest BCUT2D eigenvalue weighted by Crippen LogP contribution is 2.27. The van der Waals surface area contributed by atoms with Crippen molar-refractivity contribution < 1.29 is 23.9 Å². The van der Waals surface area contributed by atoms with Crippen molar-refractivity contribution in [2.75, 3.05) is 11.2 Å². The highest BCUT2D eigenvalue weighted by atomic mass is 35.5. The molecule has 0 radical (unpaired) electrons. The van der Waals surface area contributed by atoms with Gasteiger partial charge in [-0.25, -0.2) is 0 Å². The number of ketones is 1. The van der Waals surface area contributed by atoms with Gasteiger partial charge in [0, 0.05) is 41.4 Å². The SMILES string of the molecule is Cc1ccc(C)c(Oc2ccc(NC(=O)CCCC(=O)OC(CCCl)C(=O)c3ccc(Cl)cc3)cc2)c1. The van der Waals surface area contributed by atoms with Gasteiger partial charge in [-0.05, 0) is 86.0 Å². The Morgan fingerprint density at radius 2 is 1.62 bits per heavy atom. The summed E-state index contributed by atoms with van der Waals surface area (Å²) in [6.07, 6.45) is -0.381. The molecule has 8 heteroatoms. The van der Waals surface area contributed by atoms with Crippen LogP contribution in [0, 0.1) is 13.8 Å². The Morgan fingerprint density at radius 1 is 0.919 bits per heavy atom. The molecule has 0 heterocycles. The smallest absolute Gasteiger partial charge is 0.306 e. The molecule has 6 nitrogen and oxygen atoms in total.